The highest BCUT2D eigenvalue weighted by molar-refractivity contribution is 7.91. The van der Waals surface area contributed by atoms with Crippen molar-refractivity contribution in [3.63, 3.8) is 0 Å². The lowest BCUT2D eigenvalue weighted by molar-refractivity contribution is -0.164. The number of carbonyl (C=O) groups is 2. The van der Waals surface area contributed by atoms with Crippen molar-refractivity contribution < 1.29 is 55.6 Å². The minimum atomic E-state index is -4.95. The Balaban J connectivity index is 2.09. The number of aryl methyl sites for hydroxylation is 1. The fraction of sp³-hybridized carbons (Fsp3) is 0.630. The standard InChI is InChI=1S/C27H39FN2O11S/c1-6-11-37-25(32)29-42(33,34)30(17-22(31)41-26(2,3)4)24-21(38-18-36-13-12-35-5)16-19-7-9-27(39-14-15-40-27)10-8-20(19)23(24)28/h6,16H,1,7-15,17-18H2,2-5H3,(H,29,32). The van der Waals surface area contributed by atoms with Crippen LogP contribution in [0.1, 0.15) is 44.7 Å². The lowest BCUT2D eigenvalue weighted by Gasteiger charge is -2.28. The number of amides is 1. The zero-order valence-electron chi connectivity index (χ0n) is 24.4. The number of carbonyl (C=O) groups excluding carboxylic acids is 2. The molecule has 1 spiro atoms. The van der Waals surface area contributed by atoms with Gasteiger partial charge in [-0.1, -0.05) is 12.7 Å². The molecule has 1 heterocycles. The molecule has 0 atom stereocenters. The average molecular weight is 619 g/mol. The molecule has 0 radical (unpaired) electrons. The Kier molecular flexibility index (Phi) is 11.5. The quantitative estimate of drug-likeness (QED) is 0.151. The average Bonchev–Trinajstić information content (AvgIpc) is 3.28. The summed E-state index contributed by atoms with van der Waals surface area (Å²) in [6.07, 6.45) is 1.13. The SMILES string of the molecule is C=CCOC(=O)NS(=O)(=O)N(CC(=O)OC(C)(C)C)c1c(OCOCCOC)cc2c(c1F)CCC1(CC2)OCCO1. The maximum absolute atomic E-state index is 16.6. The number of hydrogen-bond acceptors (Lipinski definition) is 11. The molecule has 13 nitrogen and oxygen atoms in total. The highest BCUT2D eigenvalue weighted by Crippen LogP contribution is 2.42. The van der Waals surface area contributed by atoms with Crippen LogP contribution in [0.25, 0.3) is 0 Å². The van der Waals surface area contributed by atoms with Crippen molar-refractivity contribution in [2.24, 2.45) is 0 Å². The number of methoxy groups -OCH3 is 1. The van der Waals surface area contributed by atoms with Crippen molar-refractivity contribution >= 4 is 28.0 Å². The van der Waals surface area contributed by atoms with Gasteiger partial charge in [-0.05, 0) is 50.8 Å². The van der Waals surface area contributed by atoms with E-state index in [1.807, 2.05) is 0 Å². The predicted octanol–water partition coefficient (Wildman–Crippen LogP) is 2.75. The zero-order chi connectivity index (χ0) is 31.0. The van der Waals surface area contributed by atoms with E-state index in [0.717, 1.165) is 0 Å². The Morgan fingerprint density at radius 2 is 1.88 bits per heavy atom. The molecule has 1 aliphatic heterocycles. The molecule has 1 aromatic rings. The summed E-state index contributed by atoms with van der Waals surface area (Å²) in [4.78, 5) is 25.1. The van der Waals surface area contributed by atoms with Gasteiger partial charge in [0.25, 0.3) is 0 Å². The Bertz CT molecular complexity index is 1230. The van der Waals surface area contributed by atoms with E-state index < -0.39 is 51.7 Å². The van der Waals surface area contributed by atoms with E-state index in [9.17, 15) is 18.0 Å². The fourth-order valence-corrected chi connectivity index (χ4v) is 5.56. The van der Waals surface area contributed by atoms with Gasteiger partial charge in [0.15, 0.2) is 18.4 Å². The molecule has 0 saturated carbocycles. The second-order valence-corrected chi connectivity index (χ2v) is 12.1. The van der Waals surface area contributed by atoms with Crippen molar-refractivity contribution in [3.8, 4) is 5.75 Å². The zero-order valence-corrected chi connectivity index (χ0v) is 25.2. The Labute approximate surface area is 245 Å². The van der Waals surface area contributed by atoms with Crippen molar-refractivity contribution in [3.05, 3.63) is 35.7 Å². The van der Waals surface area contributed by atoms with E-state index in [1.165, 1.54) is 19.3 Å². The van der Waals surface area contributed by atoms with Gasteiger partial charge in [0.2, 0.25) is 0 Å². The van der Waals surface area contributed by atoms with Gasteiger partial charge < -0.3 is 33.2 Å². The summed E-state index contributed by atoms with van der Waals surface area (Å²) in [5, 5.41) is 0. The smallest absolute Gasteiger partial charge is 0.422 e. The lowest BCUT2D eigenvalue weighted by atomic mass is 10.0. The predicted molar refractivity (Wildman–Crippen MR) is 148 cm³/mol. The van der Waals surface area contributed by atoms with Crippen molar-refractivity contribution in [2.45, 2.75) is 57.8 Å². The molecule has 0 unspecified atom stereocenters. The molecule has 1 fully saturated rings. The van der Waals surface area contributed by atoms with Gasteiger partial charge in [-0.25, -0.2) is 18.2 Å². The fourth-order valence-electron chi connectivity index (χ4n) is 4.50. The molecule has 15 heteroatoms. The highest BCUT2D eigenvalue weighted by Gasteiger charge is 2.41. The van der Waals surface area contributed by atoms with E-state index in [-0.39, 0.29) is 44.3 Å². The van der Waals surface area contributed by atoms with Gasteiger partial charge in [0.1, 0.15) is 30.2 Å². The van der Waals surface area contributed by atoms with Crippen LogP contribution < -0.4 is 13.8 Å². The molecule has 2 aliphatic rings. The number of fused-ring (bicyclic) bond motifs is 1. The van der Waals surface area contributed by atoms with Crippen LogP contribution in [0.3, 0.4) is 0 Å². The molecular weight excluding hydrogens is 579 g/mol. The summed E-state index contributed by atoms with van der Waals surface area (Å²) in [5.74, 6) is -3.07. The van der Waals surface area contributed by atoms with E-state index in [0.29, 0.717) is 42.3 Å². The van der Waals surface area contributed by atoms with E-state index >= 15 is 4.39 Å². The number of rotatable bonds is 13. The van der Waals surface area contributed by atoms with Gasteiger partial charge in [-0.3, -0.25) is 4.79 Å². The number of anilines is 1. The molecule has 236 valence electrons. The summed E-state index contributed by atoms with van der Waals surface area (Å²) < 4.78 is 83.5. The number of esters is 1. The van der Waals surface area contributed by atoms with Crippen molar-refractivity contribution in [2.75, 3.05) is 57.8 Å². The maximum Gasteiger partial charge on any atom is 0.422 e. The van der Waals surface area contributed by atoms with Gasteiger partial charge in [0.05, 0.1) is 26.4 Å². The third-order valence-corrected chi connectivity index (χ3v) is 7.57. The third-order valence-electron chi connectivity index (χ3n) is 6.25. The van der Waals surface area contributed by atoms with Crippen LogP contribution in [0.5, 0.6) is 5.75 Å². The maximum atomic E-state index is 16.6. The summed E-state index contributed by atoms with van der Waals surface area (Å²) >= 11 is 0. The van der Waals surface area contributed by atoms with Crippen molar-refractivity contribution in [1.29, 1.82) is 0 Å². The van der Waals surface area contributed by atoms with Crippen LogP contribution in [0.2, 0.25) is 0 Å². The van der Waals surface area contributed by atoms with E-state index in [1.54, 1.807) is 25.5 Å². The Morgan fingerprint density at radius 3 is 2.52 bits per heavy atom. The monoisotopic (exact) mass is 618 g/mol. The minimum absolute atomic E-state index is 0.146. The molecular formula is C27H39FN2O11S. The summed E-state index contributed by atoms with van der Waals surface area (Å²) in [6.45, 7) is 7.72. The number of ether oxygens (including phenoxy) is 7. The highest BCUT2D eigenvalue weighted by atomic mass is 32.2. The van der Waals surface area contributed by atoms with E-state index in [2.05, 4.69) is 6.58 Å². The summed E-state index contributed by atoms with van der Waals surface area (Å²) in [5.41, 5.74) is -0.846. The molecule has 1 aromatic carbocycles. The second-order valence-electron chi connectivity index (χ2n) is 10.5. The summed E-state index contributed by atoms with van der Waals surface area (Å²) in [7, 11) is -3.47. The van der Waals surface area contributed by atoms with E-state index in [4.69, 9.17) is 33.2 Å². The number of halogens is 1. The first-order valence-corrected chi connectivity index (χ1v) is 14.9. The minimum Gasteiger partial charge on any atom is -0.465 e. The molecule has 1 N–H and O–H groups in total. The number of benzene rings is 1. The molecule has 0 aromatic heterocycles. The van der Waals surface area contributed by atoms with Crippen molar-refractivity contribution in [1.82, 2.24) is 4.72 Å². The molecule has 0 bridgehead atoms. The van der Waals surface area contributed by atoms with Crippen LogP contribution in [-0.4, -0.2) is 85.4 Å². The van der Waals surface area contributed by atoms with Gasteiger partial charge >= 0.3 is 22.3 Å². The van der Waals surface area contributed by atoms with Gasteiger partial charge in [0, 0.05) is 20.0 Å². The normalized spacial score (nSPS) is 16.3. The molecule has 1 amide bonds. The van der Waals surface area contributed by atoms with Crippen LogP contribution in [0.4, 0.5) is 14.9 Å². The molecule has 3 rings (SSSR count). The van der Waals surface area contributed by atoms with Crippen LogP contribution in [0.15, 0.2) is 18.7 Å². The topological polar surface area (TPSA) is 148 Å². The molecule has 1 aliphatic carbocycles. The van der Waals surface area contributed by atoms with Crippen LogP contribution in [-0.2, 0) is 56.3 Å². The molecule has 1 saturated heterocycles. The van der Waals surface area contributed by atoms with Gasteiger partial charge in [-0.2, -0.15) is 8.42 Å². The number of nitrogens with zero attached hydrogens (tertiary/aromatic N) is 1. The first-order valence-electron chi connectivity index (χ1n) is 13.4. The first kappa shape index (κ1) is 33.5. The number of nitrogens with one attached hydrogen (secondary N) is 1. The van der Waals surface area contributed by atoms with Crippen LogP contribution in [0, 0.1) is 5.82 Å². The third kappa shape index (κ3) is 9.01. The van der Waals surface area contributed by atoms with Gasteiger partial charge in [-0.15, -0.1) is 0 Å². The number of hydrogen-bond donors (Lipinski definition) is 1. The Hall–Kier alpha value is -2.98. The summed E-state index contributed by atoms with van der Waals surface area (Å²) in [6, 6.07) is 1.50. The second kappa shape index (κ2) is 14.5. The van der Waals surface area contributed by atoms with Crippen LogP contribution >= 0.6 is 0 Å². The largest absolute Gasteiger partial charge is 0.465 e. The lowest BCUT2D eigenvalue weighted by Crippen LogP contribution is -2.47. The Morgan fingerprint density at radius 1 is 1.19 bits per heavy atom. The molecule has 42 heavy (non-hydrogen) atoms. The first-order chi connectivity index (χ1) is 19.8.